The summed E-state index contributed by atoms with van der Waals surface area (Å²) >= 11 is 11.4. The quantitative estimate of drug-likeness (QED) is 0.844. The third-order valence-corrected chi connectivity index (χ3v) is 3.99. The molecule has 0 aliphatic carbocycles. The molecule has 7 heteroatoms. The smallest absolute Gasteiger partial charge is 0.252 e. The lowest BCUT2D eigenvalue weighted by atomic mass is 10.3. The molecule has 1 N–H and O–H groups in total. The molecule has 0 fully saturated rings. The van der Waals surface area contributed by atoms with E-state index < -0.39 is 10.8 Å². The number of nitrogens with zero attached hydrogens (tertiary/aromatic N) is 1. The molecular weight excluding hydrogens is 283 g/mol. The van der Waals surface area contributed by atoms with Crippen LogP contribution in [0.2, 0.25) is 10.2 Å². The average Bonchev–Trinajstić information content (AvgIpc) is 2.32. The first kappa shape index (κ1) is 14.4. The fourth-order valence-corrected chi connectivity index (χ4v) is 1.96. The Hall–Kier alpha value is -0.650. The van der Waals surface area contributed by atoms with Gasteiger partial charge in [-0.05, 0) is 6.07 Å². The van der Waals surface area contributed by atoms with E-state index >= 15 is 0 Å². The molecule has 94 valence electrons. The molecule has 1 rings (SSSR count). The number of pyridine rings is 1. The fourth-order valence-electron chi connectivity index (χ4n) is 1.07. The number of aromatic nitrogens is 1. The van der Waals surface area contributed by atoms with Crippen LogP contribution in [0, 0.1) is 0 Å². The maximum atomic E-state index is 11.6. The molecule has 4 nitrogen and oxygen atoms in total. The van der Waals surface area contributed by atoms with Gasteiger partial charge in [0.2, 0.25) is 0 Å². The molecule has 0 aliphatic rings. The first-order valence-electron chi connectivity index (χ1n) is 4.98. The van der Waals surface area contributed by atoms with Crippen molar-refractivity contribution in [1.82, 2.24) is 10.3 Å². The Morgan fingerprint density at radius 3 is 2.82 bits per heavy atom. The zero-order valence-corrected chi connectivity index (χ0v) is 11.5. The van der Waals surface area contributed by atoms with Crippen molar-refractivity contribution in [3.63, 3.8) is 0 Å². The van der Waals surface area contributed by atoms with Crippen molar-refractivity contribution in [2.24, 2.45) is 0 Å². The molecule has 17 heavy (non-hydrogen) atoms. The highest BCUT2D eigenvalue weighted by atomic mass is 35.5. The van der Waals surface area contributed by atoms with Crippen LogP contribution in [0.4, 0.5) is 0 Å². The summed E-state index contributed by atoms with van der Waals surface area (Å²) in [5.74, 6) is 0.727. The third-order valence-electron chi connectivity index (χ3n) is 2.00. The molecule has 0 radical (unpaired) electrons. The molecule has 1 amide bonds. The van der Waals surface area contributed by atoms with Gasteiger partial charge in [0, 0.05) is 35.0 Å². The number of hydrogen-bond donors (Lipinski definition) is 1. The van der Waals surface area contributed by atoms with Gasteiger partial charge in [-0.15, -0.1) is 0 Å². The van der Waals surface area contributed by atoms with Crippen molar-refractivity contribution in [1.29, 1.82) is 0 Å². The molecule has 0 saturated heterocycles. The van der Waals surface area contributed by atoms with E-state index in [4.69, 9.17) is 23.2 Å². The average molecular weight is 295 g/mol. The minimum absolute atomic E-state index is 0.162. The van der Waals surface area contributed by atoms with Crippen LogP contribution in [0.1, 0.15) is 17.3 Å². The monoisotopic (exact) mass is 294 g/mol. The predicted molar refractivity (Wildman–Crippen MR) is 70.1 cm³/mol. The zero-order chi connectivity index (χ0) is 12.8. The van der Waals surface area contributed by atoms with Crippen molar-refractivity contribution in [2.75, 3.05) is 18.1 Å². The van der Waals surface area contributed by atoms with Crippen LogP contribution < -0.4 is 5.32 Å². The molecule has 0 saturated carbocycles. The highest BCUT2D eigenvalue weighted by Gasteiger charge is 2.08. The molecule has 1 unspecified atom stereocenters. The Balaban J connectivity index is 2.52. The van der Waals surface area contributed by atoms with Crippen molar-refractivity contribution in [3.05, 3.63) is 28.0 Å². The Morgan fingerprint density at radius 1 is 1.53 bits per heavy atom. The van der Waals surface area contributed by atoms with Crippen molar-refractivity contribution >= 4 is 39.9 Å². The molecule has 1 heterocycles. The van der Waals surface area contributed by atoms with Gasteiger partial charge >= 0.3 is 0 Å². The van der Waals surface area contributed by atoms with E-state index in [1.54, 1.807) is 0 Å². The van der Waals surface area contributed by atoms with E-state index in [1.165, 1.54) is 12.3 Å². The lowest BCUT2D eigenvalue weighted by Gasteiger charge is -2.05. The van der Waals surface area contributed by atoms with Crippen LogP contribution in [-0.4, -0.2) is 33.2 Å². The minimum atomic E-state index is -0.885. The lowest BCUT2D eigenvalue weighted by molar-refractivity contribution is 0.0956. The number of nitrogens with one attached hydrogen (secondary N) is 1. The van der Waals surface area contributed by atoms with Crippen LogP contribution in [0.25, 0.3) is 0 Å². The summed E-state index contributed by atoms with van der Waals surface area (Å²) < 4.78 is 11.1. The summed E-state index contributed by atoms with van der Waals surface area (Å²) in [7, 11) is -0.885. The van der Waals surface area contributed by atoms with Crippen LogP contribution in [0.3, 0.4) is 0 Å². The number of carbonyl (C=O) groups is 1. The standard InChI is InChI=1S/C10H12Cl2N2O2S/c1-2-17(16)4-3-13-10(15)7-5-8(11)9(12)14-6-7/h5-6H,2-4H2,1H3,(H,13,15). The van der Waals surface area contributed by atoms with E-state index in [9.17, 15) is 9.00 Å². The van der Waals surface area contributed by atoms with Crippen molar-refractivity contribution < 1.29 is 9.00 Å². The third kappa shape index (κ3) is 4.61. The Kier molecular flexibility index (Phi) is 5.88. The Labute approximate surface area is 112 Å². The van der Waals surface area contributed by atoms with E-state index in [0.717, 1.165) is 0 Å². The molecule has 0 aliphatic heterocycles. The fraction of sp³-hybridized carbons (Fsp3) is 0.400. The Morgan fingerprint density at radius 2 is 2.24 bits per heavy atom. The normalized spacial score (nSPS) is 12.2. The molecular formula is C10H12Cl2N2O2S. The molecule has 0 aromatic carbocycles. The van der Waals surface area contributed by atoms with Gasteiger partial charge in [-0.25, -0.2) is 4.98 Å². The van der Waals surface area contributed by atoms with Gasteiger partial charge < -0.3 is 5.32 Å². The van der Waals surface area contributed by atoms with Gasteiger partial charge in [0.15, 0.2) is 0 Å². The largest absolute Gasteiger partial charge is 0.351 e. The number of carbonyl (C=O) groups excluding carboxylic acids is 1. The topological polar surface area (TPSA) is 59.1 Å². The van der Waals surface area contributed by atoms with Gasteiger partial charge in [-0.3, -0.25) is 9.00 Å². The summed E-state index contributed by atoms with van der Waals surface area (Å²) in [6, 6.07) is 1.45. The summed E-state index contributed by atoms with van der Waals surface area (Å²) in [4.78, 5) is 15.4. The van der Waals surface area contributed by atoms with Gasteiger partial charge in [-0.1, -0.05) is 30.1 Å². The maximum Gasteiger partial charge on any atom is 0.252 e. The second-order valence-corrected chi connectivity index (χ2v) is 5.82. The van der Waals surface area contributed by atoms with E-state index in [0.29, 0.717) is 23.6 Å². The van der Waals surface area contributed by atoms with Crippen LogP contribution in [0.15, 0.2) is 12.3 Å². The SMILES string of the molecule is CCS(=O)CCNC(=O)c1cnc(Cl)c(Cl)c1. The van der Waals surface area contributed by atoms with E-state index in [2.05, 4.69) is 10.3 Å². The maximum absolute atomic E-state index is 11.6. The molecule has 0 spiro atoms. The molecule has 1 aromatic heterocycles. The summed E-state index contributed by atoms with van der Waals surface area (Å²) in [6.07, 6.45) is 1.35. The zero-order valence-electron chi connectivity index (χ0n) is 9.20. The summed E-state index contributed by atoms with van der Waals surface area (Å²) in [6.45, 7) is 2.19. The van der Waals surface area contributed by atoms with Crippen molar-refractivity contribution in [2.45, 2.75) is 6.92 Å². The number of halogens is 2. The number of amides is 1. The number of hydrogen-bond acceptors (Lipinski definition) is 3. The van der Waals surface area contributed by atoms with E-state index in [-0.39, 0.29) is 16.1 Å². The van der Waals surface area contributed by atoms with Gasteiger partial charge in [-0.2, -0.15) is 0 Å². The minimum Gasteiger partial charge on any atom is -0.351 e. The summed E-state index contributed by atoms with van der Waals surface area (Å²) in [5.41, 5.74) is 0.335. The molecule has 1 aromatic rings. The van der Waals surface area contributed by atoms with Gasteiger partial charge in [0.05, 0.1) is 10.6 Å². The highest BCUT2D eigenvalue weighted by molar-refractivity contribution is 7.84. The van der Waals surface area contributed by atoms with Crippen LogP contribution in [-0.2, 0) is 10.8 Å². The summed E-state index contributed by atoms with van der Waals surface area (Å²) in [5, 5.41) is 3.03. The van der Waals surface area contributed by atoms with E-state index in [1.807, 2.05) is 6.92 Å². The Bertz CT molecular complexity index is 440. The van der Waals surface area contributed by atoms with Gasteiger partial charge in [0.1, 0.15) is 5.15 Å². The van der Waals surface area contributed by atoms with Crippen LogP contribution in [0.5, 0.6) is 0 Å². The lowest BCUT2D eigenvalue weighted by Crippen LogP contribution is -2.28. The van der Waals surface area contributed by atoms with Crippen molar-refractivity contribution in [3.8, 4) is 0 Å². The highest BCUT2D eigenvalue weighted by Crippen LogP contribution is 2.19. The second-order valence-electron chi connectivity index (χ2n) is 3.19. The van der Waals surface area contributed by atoms with Gasteiger partial charge in [0.25, 0.3) is 5.91 Å². The van der Waals surface area contributed by atoms with Crippen LogP contribution >= 0.6 is 23.2 Å². The number of rotatable bonds is 5. The predicted octanol–water partition coefficient (Wildman–Crippen LogP) is 1.89. The molecule has 1 atom stereocenters. The first-order valence-corrected chi connectivity index (χ1v) is 7.23. The second kappa shape index (κ2) is 6.93. The first-order chi connectivity index (χ1) is 8.04. The molecule has 0 bridgehead atoms.